The molecule has 0 aromatic heterocycles. The fraction of sp³-hybridized carbons (Fsp3) is 0.286. The second-order valence-electron chi connectivity index (χ2n) is 8.17. The van der Waals surface area contributed by atoms with Gasteiger partial charge in [-0.25, -0.2) is 4.39 Å². The van der Waals surface area contributed by atoms with E-state index in [1.807, 2.05) is 61.5 Å². The number of hydrogen-bond acceptors (Lipinski definition) is 3. The lowest BCUT2D eigenvalue weighted by atomic mass is 10.0. The van der Waals surface area contributed by atoms with Gasteiger partial charge in [0, 0.05) is 19.5 Å². The fourth-order valence-corrected chi connectivity index (χ4v) is 3.77. The van der Waals surface area contributed by atoms with Gasteiger partial charge in [0.25, 0.3) is 0 Å². The van der Waals surface area contributed by atoms with Gasteiger partial charge in [-0.15, -0.1) is 0 Å². The first-order chi connectivity index (χ1) is 16.5. The Labute approximate surface area is 200 Å². The highest BCUT2D eigenvalue weighted by Gasteiger charge is 2.30. The van der Waals surface area contributed by atoms with E-state index in [9.17, 15) is 14.0 Å². The number of carbonyl (C=O) groups is 2. The van der Waals surface area contributed by atoms with Crippen LogP contribution >= 0.6 is 0 Å². The van der Waals surface area contributed by atoms with E-state index in [1.165, 1.54) is 12.1 Å². The molecule has 0 aliphatic rings. The molecule has 0 saturated carbocycles. The maximum Gasteiger partial charge on any atom is 0.243 e. The van der Waals surface area contributed by atoms with Crippen LogP contribution in [-0.4, -0.2) is 36.4 Å². The first-order valence-corrected chi connectivity index (χ1v) is 11.5. The van der Waals surface area contributed by atoms with Crippen molar-refractivity contribution in [3.05, 3.63) is 101 Å². The summed E-state index contributed by atoms with van der Waals surface area (Å²) in [7, 11) is 1.59. The number of carbonyl (C=O) groups excluding carboxylic acids is 2. The summed E-state index contributed by atoms with van der Waals surface area (Å²) in [6, 6.07) is 22.3. The number of nitrogens with one attached hydrogen (secondary N) is 1. The van der Waals surface area contributed by atoms with Crippen molar-refractivity contribution >= 4 is 11.8 Å². The van der Waals surface area contributed by atoms with Crippen LogP contribution in [0.15, 0.2) is 78.9 Å². The number of amides is 2. The van der Waals surface area contributed by atoms with Gasteiger partial charge >= 0.3 is 0 Å². The standard InChI is InChI=1S/C28H31FN2O3/c1-3-16-30-28(33)26(18-21-8-5-4-6-9-21)31(20-23-10-7-11-25(17-23)34-2)27(32)19-22-12-14-24(29)15-13-22/h4-15,17,26H,3,16,18-20H2,1-2H3,(H,30,33). The van der Waals surface area contributed by atoms with Crippen LogP contribution in [0.25, 0.3) is 0 Å². The number of halogens is 1. The Kier molecular flexibility index (Phi) is 9.21. The molecule has 3 rings (SSSR count). The zero-order valence-corrected chi connectivity index (χ0v) is 19.7. The molecule has 178 valence electrons. The minimum atomic E-state index is -0.701. The molecule has 1 atom stereocenters. The number of ether oxygens (including phenoxy) is 1. The van der Waals surface area contributed by atoms with Crippen LogP contribution in [0.1, 0.15) is 30.0 Å². The normalized spacial score (nSPS) is 11.5. The largest absolute Gasteiger partial charge is 0.497 e. The van der Waals surface area contributed by atoms with Gasteiger partial charge in [0.05, 0.1) is 13.5 Å². The average Bonchev–Trinajstić information content (AvgIpc) is 2.86. The summed E-state index contributed by atoms with van der Waals surface area (Å²) in [5, 5.41) is 2.96. The van der Waals surface area contributed by atoms with Gasteiger partial charge in [-0.2, -0.15) is 0 Å². The molecular weight excluding hydrogens is 431 g/mol. The maximum atomic E-state index is 13.6. The summed E-state index contributed by atoms with van der Waals surface area (Å²) >= 11 is 0. The highest BCUT2D eigenvalue weighted by atomic mass is 19.1. The predicted molar refractivity (Wildman–Crippen MR) is 131 cm³/mol. The third kappa shape index (κ3) is 7.17. The third-order valence-electron chi connectivity index (χ3n) is 5.58. The zero-order chi connectivity index (χ0) is 24.3. The maximum absolute atomic E-state index is 13.6. The molecule has 0 fully saturated rings. The SMILES string of the molecule is CCCNC(=O)C(Cc1ccccc1)N(Cc1cccc(OC)c1)C(=O)Cc1ccc(F)cc1. The van der Waals surface area contributed by atoms with Crippen molar-refractivity contribution in [2.45, 2.75) is 38.8 Å². The molecule has 3 aromatic rings. The number of benzene rings is 3. The van der Waals surface area contributed by atoms with Crippen LogP contribution in [0.5, 0.6) is 5.75 Å². The van der Waals surface area contributed by atoms with E-state index in [1.54, 1.807) is 24.1 Å². The summed E-state index contributed by atoms with van der Waals surface area (Å²) in [5.74, 6) is -0.0770. The Morgan fingerprint density at radius 2 is 1.65 bits per heavy atom. The lowest BCUT2D eigenvalue weighted by Gasteiger charge is -2.32. The van der Waals surface area contributed by atoms with Crippen molar-refractivity contribution in [1.29, 1.82) is 0 Å². The van der Waals surface area contributed by atoms with Crippen molar-refractivity contribution in [2.24, 2.45) is 0 Å². The molecule has 0 spiro atoms. The second kappa shape index (κ2) is 12.5. The molecule has 34 heavy (non-hydrogen) atoms. The molecule has 1 N–H and O–H groups in total. The van der Waals surface area contributed by atoms with Gasteiger partial charge < -0.3 is 15.0 Å². The van der Waals surface area contributed by atoms with E-state index in [2.05, 4.69) is 5.32 Å². The molecule has 0 bridgehead atoms. The van der Waals surface area contributed by atoms with Crippen LogP contribution < -0.4 is 10.1 Å². The van der Waals surface area contributed by atoms with Crippen LogP contribution in [0, 0.1) is 5.82 Å². The van der Waals surface area contributed by atoms with E-state index >= 15 is 0 Å². The minimum Gasteiger partial charge on any atom is -0.497 e. The first-order valence-electron chi connectivity index (χ1n) is 11.5. The number of rotatable bonds is 11. The number of methoxy groups -OCH3 is 1. The zero-order valence-electron chi connectivity index (χ0n) is 19.7. The Hall–Kier alpha value is -3.67. The molecule has 0 aliphatic heterocycles. The molecule has 3 aromatic carbocycles. The molecule has 0 saturated heterocycles. The Balaban J connectivity index is 1.95. The van der Waals surface area contributed by atoms with E-state index in [4.69, 9.17) is 4.74 Å². The lowest BCUT2D eigenvalue weighted by molar-refractivity contribution is -0.140. The lowest BCUT2D eigenvalue weighted by Crippen LogP contribution is -2.51. The van der Waals surface area contributed by atoms with Gasteiger partial charge in [-0.05, 0) is 47.4 Å². The minimum absolute atomic E-state index is 0.0661. The van der Waals surface area contributed by atoms with Gasteiger partial charge in [0.2, 0.25) is 11.8 Å². The van der Waals surface area contributed by atoms with E-state index in [-0.39, 0.29) is 30.6 Å². The number of hydrogen-bond donors (Lipinski definition) is 1. The van der Waals surface area contributed by atoms with Gasteiger partial charge in [-0.3, -0.25) is 9.59 Å². The second-order valence-corrected chi connectivity index (χ2v) is 8.17. The van der Waals surface area contributed by atoms with Crippen molar-refractivity contribution < 1.29 is 18.7 Å². The van der Waals surface area contributed by atoms with Crippen molar-refractivity contribution in [1.82, 2.24) is 10.2 Å². The highest BCUT2D eigenvalue weighted by Crippen LogP contribution is 2.19. The number of nitrogens with zero attached hydrogens (tertiary/aromatic N) is 1. The average molecular weight is 463 g/mol. The van der Waals surface area contributed by atoms with Crippen LogP contribution in [0.3, 0.4) is 0 Å². The van der Waals surface area contributed by atoms with Crippen molar-refractivity contribution in [3.8, 4) is 5.75 Å². The van der Waals surface area contributed by atoms with Crippen molar-refractivity contribution in [2.75, 3.05) is 13.7 Å². The Bertz CT molecular complexity index is 1070. The van der Waals surface area contributed by atoms with E-state index < -0.39 is 6.04 Å². The van der Waals surface area contributed by atoms with E-state index in [0.29, 0.717) is 24.3 Å². The molecule has 0 heterocycles. The molecule has 5 nitrogen and oxygen atoms in total. The molecule has 0 aliphatic carbocycles. The summed E-state index contributed by atoms with van der Waals surface area (Å²) in [6.07, 6.45) is 1.25. The van der Waals surface area contributed by atoms with Crippen LogP contribution in [-0.2, 0) is 29.0 Å². The monoisotopic (exact) mass is 462 g/mol. The molecule has 1 unspecified atom stereocenters. The van der Waals surface area contributed by atoms with Crippen molar-refractivity contribution in [3.63, 3.8) is 0 Å². The summed E-state index contributed by atoms with van der Waals surface area (Å²) in [5.41, 5.74) is 2.51. The van der Waals surface area contributed by atoms with Gasteiger partial charge in [0.15, 0.2) is 0 Å². The molecular formula is C28H31FN2O3. The first kappa shape index (κ1) is 25.0. The Morgan fingerprint density at radius 1 is 0.941 bits per heavy atom. The Morgan fingerprint density at radius 3 is 2.32 bits per heavy atom. The van der Waals surface area contributed by atoms with Gasteiger partial charge in [0.1, 0.15) is 17.6 Å². The highest BCUT2D eigenvalue weighted by molar-refractivity contribution is 5.88. The summed E-state index contributed by atoms with van der Waals surface area (Å²) < 4.78 is 18.7. The quantitative estimate of drug-likeness (QED) is 0.455. The molecule has 0 radical (unpaired) electrons. The smallest absolute Gasteiger partial charge is 0.243 e. The molecule has 6 heteroatoms. The summed E-state index contributed by atoms with van der Waals surface area (Å²) in [6.45, 7) is 2.76. The summed E-state index contributed by atoms with van der Waals surface area (Å²) in [4.78, 5) is 28.5. The molecule has 2 amide bonds. The fourth-order valence-electron chi connectivity index (χ4n) is 3.77. The van der Waals surface area contributed by atoms with Crippen LogP contribution in [0.2, 0.25) is 0 Å². The predicted octanol–water partition coefficient (Wildman–Crippen LogP) is 4.54. The topological polar surface area (TPSA) is 58.6 Å². The van der Waals surface area contributed by atoms with E-state index in [0.717, 1.165) is 17.5 Å². The third-order valence-corrected chi connectivity index (χ3v) is 5.58. The van der Waals surface area contributed by atoms with Crippen LogP contribution in [0.4, 0.5) is 4.39 Å². The van der Waals surface area contributed by atoms with Gasteiger partial charge in [-0.1, -0.05) is 61.5 Å².